The summed E-state index contributed by atoms with van der Waals surface area (Å²) in [6.45, 7) is 14.4. The van der Waals surface area contributed by atoms with Crippen LogP contribution < -0.4 is 0 Å². The fraction of sp³-hybridized carbons (Fsp3) is 0.632. The predicted octanol–water partition coefficient (Wildman–Crippen LogP) is 3.62. The van der Waals surface area contributed by atoms with Crippen LogP contribution in [0, 0.1) is 13.8 Å². The van der Waals surface area contributed by atoms with Crippen LogP contribution in [0.1, 0.15) is 56.8 Å². The number of hydrogen-bond acceptors (Lipinski definition) is 4. The Balaban J connectivity index is 2.30. The van der Waals surface area contributed by atoms with E-state index in [1.807, 2.05) is 12.1 Å². The number of aliphatic hydroxyl groups excluding tert-OH is 1. The largest absolute Gasteiger partial charge is 0.468 e. The average Bonchev–Trinajstić information content (AvgIpc) is 3.11. The molecule has 0 aliphatic carbocycles. The Morgan fingerprint density at radius 1 is 1.29 bits per heavy atom. The highest BCUT2D eigenvalue weighted by molar-refractivity contribution is 5.25. The zero-order valence-corrected chi connectivity index (χ0v) is 15.8. The van der Waals surface area contributed by atoms with E-state index >= 15 is 0 Å². The lowest BCUT2D eigenvalue weighted by atomic mass is 10.1. The summed E-state index contributed by atoms with van der Waals surface area (Å²) in [6, 6.07) is 3.99. The Labute approximate surface area is 145 Å². The molecule has 1 atom stereocenters. The first kappa shape index (κ1) is 18.7. The van der Waals surface area contributed by atoms with Gasteiger partial charge in [0.1, 0.15) is 5.76 Å². The van der Waals surface area contributed by atoms with E-state index in [9.17, 15) is 5.11 Å². The summed E-state index contributed by atoms with van der Waals surface area (Å²) in [5.74, 6) is 0.917. The molecule has 5 heteroatoms. The summed E-state index contributed by atoms with van der Waals surface area (Å²) in [5, 5.41) is 14.5. The van der Waals surface area contributed by atoms with Crippen molar-refractivity contribution in [3.8, 4) is 0 Å². The van der Waals surface area contributed by atoms with E-state index in [1.54, 1.807) is 6.26 Å². The van der Waals surface area contributed by atoms with Crippen molar-refractivity contribution in [3.63, 3.8) is 0 Å². The molecule has 2 aromatic heterocycles. The third-order valence-corrected chi connectivity index (χ3v) is 4.58. The summed E-state index contributed by atoms with van der Waals surface area (Å²) in [7, 11) is 0. The van der Waals surface area contributed by atoms with Crippen LogP contribution in [0.25, 0.3) is 0 Å². The van der Waals surface area contributed by atoms with Gasteiger partial charge in [-0.15, -0.1) is 0 Å². The minimum Gasteiger partial charge on any atom is -0.468 e. The molecule has 0 aromatic carbocycles. The summed E-state index contributed by atoms with van der Waals surface area (Å²) >= 11 is 0. The smallest absolute Gasteiger partial charge is 0.117 e. The number of hydrogen-bond donors (Lipinski definition) is 1. The van der Waals surface area contributed by atoms with Crippen molar-refractivity contribution >= 4 is 0 Å². The Hall–Kier alpha value is -1.59. The number of aliphatic hydroxyl groups is 1. The van der Waals surface area contributed by atoms with Crippen molar-refractivity contribution in [2.45, 2.75) is 72.6 Å². The third-order valence-electron chi connectivity index (χ3n) is 4.58. The first-order valence-electron chi connectivity index (χ1n) is 8.70. The lowest BCUT2D eigenvalue weighted by Crippen LogP contribution is -2.36. The molecule has 24 heavy (non-hydrogen) atoms. The minimum atomic E-state index is -0.0416. The Morgan fingerprint density at radius 2 is 2.00 bits per heavy atom. The summed E-state index contributed by atoms with van der Waals surface area (Å²) in [6.07, 6.45) is 2.59. The maximum absolute atomic E-state index is 9.78. The van der Waals surface area contributed by atoms with Crippen molar-refractivity contribution in [1.82, 2.24) is 14.7 Å². The van der Waals surface area contributed by atoms with Crippen LogP contribution in [0.2, 0.25) is 0 Å². The van der Waals surface area contributed by atoms with Gasteiger partial charge >= 0.3 is 0 Å². The fourth-order valence-electron chi connectivity index (χ4n) is 3.18. The summed E-state index contributed by atoms with van der Waals surface area (Å²) in [5.41, 5.74) is 3.44. The number of aromatic nitrogens is 2. The van der Waals surface area contributed by atoms with E-state index in [2.05, 4.69) is 51.1 Å². The van der Waals surface area contributed by atoms with Crippen LogP contribution in [0.4, 0.5) is 0 Å². The second kappa shape index (κ2) is 7.53. The number of rotatable bonds is 7. The van der Waals surface area contributed by atoms with Crippen LogP contribution in [0.5, 0.6) is 0 Å². The van der Waals surface area contributed by atoms with Crippen LogP contribution in [-0.2, 0) is 18.6 Å². The SMILES string of the molecule is CC[C@H](CO)N(Cc1ccco1)Cc1c(C)nn(C(C)(C)C)c1C. The van der Waals surface area contributed by atoms with Crippen molar-refractivity contribution < 1.29 is 9.52 Å². The average molecular weight is 333 g/mol. The van der Waals surface area contributed by atoms with Gasteiger partial charge < -0.3 is 9.52 Å². The van der Waals surface area contributed by atoms with Gasteiger partial charge in [-0.3, -0.25) is 9.58 Å². The van der Waals surface area contributed by atoms with Crippen LogP contribution in [0.3, 0.4) is 0 Å². The van der Waals surface area contributed by atoms with Crippen LogP contribution in [-0.4, -0.2) is 32.4 Å². The molecule has 0 radical (unpaired) electrons. The van der Waals surface area contributed by atoms with Crippen molar-refractivity contribution in [2.75, 3.05) is 6.61 Å². The van der Waals surface area contributed by atoms with Gasteiger partial charge in [0, 0.05) is 23.8 Å². The van der Waals surface area contributed by atoms with E-state index in [-0.39, 0.29) is 18.2 Å². The molecule has 2 aromatic rings. The maximum Gasteiger partial charge on any atom is 0.117 e. The monoisotopic (exact) mass is 333 g/mol. The Kier molecular flexibility index (Phi) is 5.88. The van der Waals surface area contributed by atoms with Gasteiger partial charge in [0.25, 0.3) is 0 Å². The molecule has 0 aliphatic rings. The van der Waals surface area contributed by atoms with Gasteiger partial charge in [0.05, 0.1) is 30.6 Å². The molecule has 0 saturated carbocycles. The molecule has 0 aliphatic heterocycles. The van der Waals surface area contributed by atoms with Gasteiger partial charge in [0.2, 0.25) is 0 Å². The van der Waals surface area contributed by atoms with Crippen molar-refractivity contribution in [3.05, 3.63) is 41.1 Å². The predicted molar refractivity (Wildman–Crippen MR) is 95.8 cm³/mol. The fourth-order valence-corrected chi connectivity index (χ4v) is 3.18. The quantitative estimate of drug-likeness (QED) is 0.841. The van der Waals surface area contributed by atoms with E-state index < -0.39 is 0 Å². The van der Waals surface area contributed by atoms with E-state index in [0.29, 0.717) is 6.54 Å². The maximum atomic E-state index is 9.78. The van der Waals surface area contributed by atoms with E-state index in [0.717, 1.165) is 24.4 Å². The second-order valence-electron chi connectivity index (χ2n) is 7.46. The normalized spacial score (nSPS) is 13.7. The molecule has 2 rings (SSSR count). The van der Waals surface area contributed by atoms with Crippen molar-refractivity contribution in [1.29, 1.82) is 0 Å². The molecule has 0 fully saturated rings. The molecular formula is C19H31N3O2. The molecule has 134 valence electrons. The summed E-state index contributed by atoms with van der Waals surface area (Å²) < 4.78 is 7.62. The van der Waals surface area contributed by atoms with Gasteiger partial charge in [-0.25, -0.2) is 0 Å². The first-order chi connectivity index (χ1) is 11.3. The lowest BCUT2D eigenvalue weighted by molar-refractivity contribution is 0.0994. The topological polar surface area (TPSA) is 54.4 Å². The molecule has 2 heterocycles. The lowest BCUT2D eigenvalue weighted by Gasteiger charge is -2.29. The summed E-state index contributed by atoms with van der Waals surface area (Å²) in [4.78, 5) is 2.28. The zero-order chi connectivity index (χ0) is 17.9. The Morgan fingerprint density at radius 3 is 2.46 bits per heavy atom. The molecule has 0 spiro atoms. The molecule has 0 amide bonds. The molecular weight excluding hydrogens is 302 g/mol. The highest BCUT2D eigenvalue weighted by atomic mass is 16.3. The number of furan rings is 1. The molecule has 5 nitrogen and oxygen atoms in total. The number of nitrogens with zero attached hydrogens (tertiary/aromatic N) is 3. The van der Waals surface area contributed by atoms with Crippen molar-refractivity contribution in [2.24, 2.45) is 0 Å². The van der Waals surface area contributed by atoms with Gasteiger partial charge in [-0.2, -0.15) is 5.10 Å². The number of aryl methyl sites for hydroxylation is 1. The van der Waals surface area contributed by atoms with Gasteiger partial charge in [-0.05, 0) is 53.2 Å². The van der Waals surface area contributed by atoms with Crippen LogP contribution >= 0.6 is 0 Å². The van der Waals surface area contributed by atoms with E-state index in [1.165, 1.54) is 11.3 Å². The van der Waals surface area contributed by atoms with Gasteiger partial charge in [-0.1, -0.05) is 6.92 Å². The standard InChI is InChI=1S/C19H31N3O2/c1-7-16(13-23)21(11-17-9-8-10-24-17)12-18-14(2)20-22(15(18)3)19(4,5)6/h8-10,16,23H,7,11-13H2,1-6H3/t16-/m1/s1. The third kappa shape index (κ3) is 4.08. The first-order valence-corrected chi connectivity index (χ1v) is 8.70. The highest BCUT2D eigenvalue weighted by Crippen LogP contribution is 2.24. The zero-order valence-electron chi connectivity index (χ0n) is 15.8. The van der Waals surface area contributed by atoms with E-state index in [4.69, 9.17) is 9.52 Å². The second-order valence-corrected chi connectivity index (χ2v) is 7.46. The molecule has 0 bridgehead atoms. The molecule has 0 unspecified atom stereocenters. The molecule has 0 saturated heterocycles. The van der Waals surface area contributed by atoms with Gasteiger partial charge in [0.15, 0.2) is 0 Å². The minimum absolute atomic E-state index is 0.0416. The molecule has 1 N–H and O–H groups in total. The Bertz CT molecular complexity index is 634. The highest BCUT2D eigenvalue weighted by Gasteiger charge is 2.24. The van der Waals surface area contributed by atoms with Crippen LogP contribution in [0.15, 0.2) is 22.8 Å².